The van der Waals surface area contributed by atoms with E-state index in [0.29, 0.717) is 11.1 Å². The van der Waals surface area contributed by atoms with Crippen molar-refractivity contribution in [2.45, 2.75) is 19.4 Å². The molecule has 35 heavy (non-hydrogen) atoms. The number of nitrogens with zero attached hydrogens (tertiary/aromatic N) is 1. The lowest BCUT2D eigenvalue weighted by atomic mass is 9.98. The van der Waals surface area contributed by atoms with Gasteiger partial charge in [0.1, 0.15) is 12.3 Å². The Morgan fingerprint density at radius 3 is 2.23 bits per heavy atom. The van der Waals surface area contributed by atoms with Gasteiger partial charge in [0.15, 0.2) is 0 Å². The van der Waals surface area contributed by atoms with Crippen LogP contribution in [0.3, 0.4) is 0 Å². The Balaban J connectivity index is 1.24. The quantitative estimate of drug-likeness (QED) is 0.429. The van der Waals surface area contributed by atoms with Gasteiger partial charge in [-0.1, -0.05) is 60.7 Å². The monoisotopic (exact) mass is 471 g/mol. The van der Waals surface area contributed by atoms with Gasteiger partial charge < -0.3 is 20.5 Å². The Morgan fingerprint density at radius 2 is 1.63 bits per heavy atom. The smallest absolute Gasteiger partial charge is 0.407 e. The molecule has 0 saturated heterocycles. The fourth-order valence-electron chi connectivity index (χ4n) is 4.01. The number of pyridine rings is 1. The molecule has 3 N–H and O–H groups in total. The Kier molecular flexibility index (Phi) is 7.21. The number of carboxylic acids is 1. The lowest BCUT2D eigenvalue weighted by Crippen LogP contribution is -2.28. The van der Waals surface area contributed by atoms with E-state index in [1.807, 2.05) is 24.3 Å². The van der Waals surface area contributed by atoms with E-state index < -0.39 is 12.1 Å². The summed E-state index contributed by atoms with van der Waals surface area (Å²) < 4.78 is 5.49. The predicted octanol–water partition coefficient (Wildman–Crippen LogP) is 3.88. The summed E-state index contributed by atoms with van der Waals surface area (Å²) in [6, 6.07) is 19.2. The summed E-state index contributed by atoms with van der Waals surface area (Å²) in [5.41, 5.74) is 5.65. The van der Waals surface area contributed by atoms with E-state index in [-0.39, 0.29) is 37.2 Å². The zero-order valence-electron chi connectivity index (χ0n) is 19.2. The summed E-state index contributed by atoms with van der Waals surface area (Å²) in [6.45, 7) is 2.21. The normalized spacial score (nSPS) is 12.4. The minimum atomic E-state index is -1.11. The van der Waals surface area contributed by atoms with Gasteiger partial charge in [0.25, 0.3) is 0 Å². The van der Waals surface area contributed by atoms with Crippen molar-refractivity contribution < 1.29 is 24.2 Å². The lowest BCUT2D eigenvalue weighted by molar-refractivity contribution is -0.117. The second-order valence-electron chi connectivity index (χ2n) is 8.13. The van der Waals surface area contributed by atoms with E-state index in [1.54, 1.807) is 19.1 Å². The van der Waals surface area contributed by atoms with Crippen molar-refractivity contribution in [3.8, 4) is 11.1 Å². The number of aromatic nitrogens is 1. The number of hydrogen-bond donors (Lipinski definition) is 3. The van der Waals surface area contributed by atoms with Crippen molar-refractivity contribution in [3.05, 3.63) is 101 Å². The highest BCUT2D eigenvalue weighted by Crippen LogP contribution is 2.44. The van der Waals surface area contributed by atoms with E-state index in [1.165, 1.54) is 12.3 Å². The number of benzene rings is 2. The fraction of sp³-hybridized carbons (Fsp3) is 0.185. The molecule has 0 radical (unpaired) electrons. The topological polar surface area (TPSA) is 118 Å². The molecule has 0 bridgehead atoms. The predicted molar refractivity (Wildman–Crippen MR) is 130 cm³/mol. The molecular weight excluding hydrogens is 446 g/mol. The van der Waals surface area contributed by atoms with Crippen LogP contribution < -0.4 is 10.6 Å². The van der Waals surface area contributed by atoms with Crippen LogP contribution in [-0.4, -0.2) is 41.2 Å². The number of rotatable bonds is 8. The number of carbonyl (C=O) groups excluding carboxylic acids is 2. The van der Waals surface area contributed by atoms with Crippen molar-refractivity contribution in [2.24, 2.45) is 0 Å². The minimum Gasteiger partial charge on any atom is -0.477 e. The lowest BCUT2D eigenvalue weighted by Gasteiger charge is -2.14. The second kappa shape index (κ2) is 10.6. The molecule has 0 unspecified atom stereocenters. The highest BCUT2D eigenvalue weighted by molar-refractivity contribution is 5.92. The van der Waals surface area contributed by atoms with Gasteiger partial charge in [-0.3, -0.25) is 4.79 Å². The van der Waals surface area contributed by atoms with E-state index >= 15 is 0 Å². The molecule has 2 aromatic carbocycles. The molecule has 4 rings (SSSR count). The first-order chi connectivity index (χ1) is 16.9. The fourth-order valence-corrected chi connectivity index (χ4v) is 4.01. The van der Waals surface area contributed by atoms with Gasteiger partial charge >= 0.3 is 12.1 Å². The highest BCUT2D eigenvalue weighted by atomic mass is 16.5. The largest absolute Gasteiger partial charge is 0.477 e. The third-order valence-corrected chi connectivity index (χ3v) is 5.85. The summed E-state index contributed by atoms with van der Waals surface area (Å²) in [6.07, 6.45) is 2.45. The summed E-state index contributed by atoms with van der Waals surface area (Å²) >= 11 is 0. The molecule has 2 amide bonds. The number of hydrogen-bond acceptors (Lipinski definition) is 5. The van der Waals surface area contributed by atoms with Crippen LogP contribution in [0, 0.1) is 0 Å². The van der Waals surface area contributed by atoms with Crippen LogP contribution in [0.1, 0.15) is 40.0 Å². The first kappa shape index (κ1) is 23.7. The van der Waals surface area contributed by atoms with Crippen molar-refractivity contribution in [1.29, 1.82) is 0 Å². The van der Waals surface area contributed by atoms with E-state index in [0.717, 1.165) is 22.3 Å². The number of alkyl carbamates (subject to hydrolysis) is 1. The van der Waals surface area contributed by atoms with E-state index in [4.69, 9.17) is 9.84 Å². The van der Waals surface area contributed by atoms with Crippen molar-refractivity contribution >= 4 is 18.0 Å². The molecule has 8 nitrogen and oxygen atoms in total. The molecular formula is C27H25N3O5. The molecule has 0 fully saturated rings. The SMILES string of the molecule is C/C(=C\CNC(=O)OCC1c2ccccc2-c2ccccc21)C(=O)NCc1ccc(C(=O)O)nc1. The maximum atomic E-state index is 12.3. The third-order valence-electron chi connectivity index (χ3n) is 5.85. The van der Waals surface area contributed by atoms with Crippen LogP contribution in [0.15, 0.2) is 78.5 Å². The minimum absolute atomic E-state index is 0.0183. The molecule has 1 aliphatic carbocycles. The summed E-state index contributed by atoms with van der Waals surface area (Å²) in [4.78, 5) is 39.2. The molecule has 0 spiro atoms. The van der Waals surface area contributed by atoms with Gasteiger partial charge in [-0.15, -0.1) is 0 Å². The highest BCUT2D eigenvalue weighted by Gasteiger charge is 2.28. The maximum Gasteiger partial charge on any atom is 0.407 e. The van der Waals surface area contributed by atoms with Gasteiger partial charge in [-0.2, -0.15) is 0 Å². The Morgan fingerprint density at radius 1 is 0.971 bits per heavy atom. The summed E-state index contributed by atoms with van der Waals surface area (Å²) in [7, 11) is 0. The van der Waals surface area contributed by atoms with Crippen LogP contribution in [-0.2, 0) is 16.1 Å². The molecule has 1 heterocycles. The van der Waals surface area contributed by atoms with Crippen LogP contribution in [0.4, 0.5) is 4.79 Å². The average molecular weight is 472 g/mol. The van der Waals surface area contributed by atoms with Gasteiger partial charge in [0.05, 0.1) is 0 Å². The number of amides is 2. The van der Waals surface area contributed by atoms with E-state index in [9.17, 15) is 14.4 Å². The summed E-state index contributed by atoms with van der Waals surface area (Å²) in [5.74, 6) is -1.43. The molecule has 1 aromatic heterocycles. The van der Waals surface area contributed by atoms with Crippen LogP contribution in [0.25, 0.3) is 11.1 Å². The first-order valence-electron chi connectivity index (χ1n) is 11.2. The zero-order chi connectivity index (χ0) is 24.8. The average Bonchev–Trinajstić information content (AvgIpc) is 3.20. The Hall–Kier alpha value is -4.46. The Bertz CT molecular complexity index is 1240. The van der Waals surface area contributed by atoms with Crippen LogP contribution in [0.5, 0.6) is 0 Å². The number of aromatic carboxylic acids is 1. The molecule has 0 aliphatic heterocycles. The van der Waals surface area contributed by atoms with Crippen molar-refractivity contribution in [3.63, 3.8) is 0 Å². The van der Waals surface area contributed by atoms with Gasteiger partial charge in [0, 0.05) is 30.8 Å². The van der Waals surface area contributed by atoms with Crippen molar-refractivity contribution in [2.75, 3.05) is 13.2 Å². The zero-order valence-corrected chi connectivity index (χ0v) is 19.2. The molecule has 0 saturated carbocycles. The molecule has 3 aromatic rings. The van der Waals surface area contributed by atoms with E-state index in [2.05, 4.69) is 39.9 Å². The third kappa shape index (κ3) is 5.55. The number of nitrogens with one attached hydrogen (secondary N) is 2. The molecule has 0 atom stereocenters. The number of carboxylic acid groups (broad SMARTS) is 1. The molecule has 1 aliphatic rings. The second-order valence-corrected chi connectivity index (χ2v) is 8.13. The van der Waals surface area contributed by atoms with Crippen molar-refractivity contribution in [1.82, 2.24) is 15.6 Å². The molecule has 178 valence electrons. The maximum absolute atomic E-state index is 12.3. The Labute approximate surface area is 202 Å². The van der Waals surface area contributed by atoms with Gasteiger partial charge in [0.2, 0.25) is 5.91 Å². The van der Waals surface area contributed by atoms with Gasteiger partial charge in [-0.25, -0.2) is 14.6 Å². The van der Waals surface area contributed by atoms with Crippen LogP contribution >= 0.6 is 0 Å². The molecule has 8 heteroatoms. The number of fused-ring (bicyclic) bond motifs is 3. The number of carbonyl (C=O) groups is 3. The first-order valence-corrected chi connectivity index (χ1v) is 11.2. The number of ether oxygens (including phenoxy) is 1. The standard InChI is InChI=1S/C27H25N3O5/c1-17(25(31)30-15-18-10-11-24(26(32)33)29-14-18)12-13-28-27(34)35-16-23-21-8-4-2-6-19(21)20-7-3-5-9-22(20)23/h2-12,14,23H,13,15-16H2,1H3,(H,28,34)(H,30,31)(H,32,33)/b17-12+. The summed E-state index contributed by atoms with van der Waals surface area (Å²) in [5, 5.41) is 14.3. The van der Waals surface area contributed by atoms with Gasteiger partial charge in [-0.05, 0) is 40.8 Å². The van der Waals surface area contributed by atoms with Crippen LogP contribution in [0.2, 0.25) is 0 Å².